The minimum absolute atomic E-state index is 0.601. The summed E-state index contributed by atoms with van der Waals surface area (Å²) < 4.78 is 2.13. The van der Waals surface area contributed by atoms with Gasteiger partial charge in [0.05, 0.1) is 12.2 Å². The Morgan fingerprint density at radius 1 is 0.680 bits per heavy atom. The van der Waals surface area contributed by atoms with Crippen LogP contribution in [0.15, 0.2) is 91.7 Å². The van der Waals surface area contributed by atoms with Crippen molar-refractivity contribution >= 4 is 50.0 Å². The number of halogens is 2. The third-order valence-electron chi connectivity index (χ3n) is 3.59. The molecule has 0 aliphatic rings. The smallest absolute Gasteiger partial charge is 0.0680 e. The lowest BCUT2D eigenvalue weighted by Gasteiger charge is -2.02. The molecule has 0 spiro atoms. The van der Waals surface area contributed by atoms with Crippen LogP contribution in [-0.4, -0.2) is 12.4 Å². The molecule has 3 aromatic carbocycles. The molecule has 0 atom stereocenters. The fourth-order valence-corrected chi connectivity index (χ4v) is 2.79. The Hall–Kier alpha value is -2.04. The third-order valence-corrected chi connectivity index (χ3v) is 4.64. The molecule has 0 aliphatic heterocycles. The van der Waals surface area contributed by atoms with Crippen molar-refractivity contribution in [1.29, 1.82) is 0 Å². The van der Waals surface area contributed by atoms with Crippen LogP contribution in [0.25, 0.3) is 0 Å². The maximum atomic E-state index is 4.62. The first-order valence-electron chi connectivity index (χ1n) is 7.84. The van der Waals surface area contributed by atoms with Gasteiger partial charge in [-0.25, -0.2) is 0 Å². The maximum absolute atomic E-state index is 4.62. The number of nitrogens with zero attached hydrogens (tertiary/aromatic N) is 2. The number of hydrogen-bond acceptors (Lipinski definition) is 2. The van der Waals surface area contributed by atoms with Gasteiger partial charge < -0.3 is 0 Å². The molecule has 0 amide bonds. The summed E-state index contributed by atoms with van der Waals surface area (Å²) in [6.45, 7) is 0.601. The molecule has 0 aromatic heterocycles. The first kappa shape index (κ1) is 17.8. The molecule has 3 aromatic rings. The van der Waals surface area contributed by atoms with Crippen LogP contribution in [0.5, 0.6) is 0 Å². The average Bonchev–Trinajstić information content (AvgIpc) is 2.64. The van der Waals surface area contributed by atoms with Crippen molar-refractivity contribution in [3.05, 3.63) is 98.4 Å². The lowest BCUT2D eigenvalue weighted by Crippen LogP contribution is -1.86. The molecule has 0 heterocycles. The van der Waals surface area contributed by atoms with Crippen LogP contribution in [0, 0.1) is 0 Å². The van der Waals surface area contributed by atoms with Crippen molar-refractivity contribution in [3.8, 4) is 0 Å². The second-order valence-electron chi connectivity index (χ2n) is 5.46. The van der Waals surface area contributed by atoms with Gasteiger partial charge in [-0.3, -0.25) is 9.98 Å². The van der Waals surface area contributed by atoms with Gasteiger partial charge in [0.2, 0.25) is 0 Å². The van der Waals surface area contributed by atoms with Crippen LogP contribution in [0.3, 0.4) is 0 Å². The highest BCUT2D eigenvalue weighted by atomic mass is 79.9. The van der Waals surface area contributed by atoms with Crippen molar-refractivity contribution < 1.29 is 0 Å². The van der Waals surface area contributed by atoms with Crippen molar-refractivity contribution in [2.75, 3.05) is 0 Å². The molecule has 0 saturated carbocycles. The van der Waals surface area contributed by atoms with Gasteiger partial charge in [-0.1, -0.05) is 74.3 Å². The molecule has 0 aliphatic carbocycles. The predicted molar refractivity (Wildman–Crippen MR) is 113 cm³/mol. The Kier molecular flexibility index (Phi) is 6.31. The van der Waals surface area contributed by atoms with Gasteiger partial charge in [0.25, 0.3) is 0 Å². The highest BCUT2D eigenvalue weighted by Gasteiger charge is 1.99. The van der Waals surface area contributed by atoms with E-state index in [1.54, 1.807) is 0 Å². The summed E-state index contributed by atoms with van der Waals surface area (Å²) in [7, 11) is 0. The number of hydrogen-bond donors (Lipinski definition) is 0. The molecule has 25 heavy (non-hydrogen) atoms. The summed E-state index contributed by atoms with van der Waals surface area (Å²) in [5.74, 6) is 0. The lowest BCUT2D eigenvalue weighted by molar-refractivity contribution is 1.07. The second kappa shape index (κ2) is 8.88. The zero-order valence-corrected chi connectivity index (χ0v) is 16.6. The van der Waals surface area contributed by atoms with Crippen molar-refractivity contribution in [2.45, 2.75) is 6.54 Å². The molecule has 2 nitrogen and oxygen atoms in total. The Bertz CT molecular complexity index is 883. The summed E-state index contributed by atoms with van der Waals surface area (Å²) in [6.07, 6.45) is 3.77. The van der Waals surface area contributed by atoms with E-state index in [0.29, 0.717) is 6.54 Å². The lowest BCUT2D eigenvalue weighted by atomic mass is 10.1. The fourth-order valence-electron chi connectivity index (χ4n) is 2.26. The summed E-state index contributed by atoms with van der Waals surface area (Å²) in [4.78, 5) is 9.17. The molecule has 0 bridgehead atoms. The highest BCUT2D eigenvalue weighted by Crippen LogP contribution is 2.20. The van der Waals surface area contributed by atoms with E-state index in [0.717, 1.165) is 31.3 Å². The van der Waals surface area contributed by atoms with E-state index in [1.165, 1.54) is 0 Å². The minimum Gasteiger partial charge on any atom is -0.288 e. The van der Waals surface area contributed by atoms with E-state index < -0.39 is 0 Å². The van der Waals surface area contributed by atoms with E-state index in [-0.39, 0.29) is 0 Å². The third kappa shape index (κ3) is 5.48. The molecule has 0 fully saturated rings. The van der Waals surface area contributed by atoms with Crippen molar-refractivity contribution in [1.82, 2.24) is 0 Å². The van der Waals surface area contributed by atoms with E-state index in [4.69, 9.17) is 0 Å². The first-order valence-corrected chi connectivity index (χ1v) is 9.42. The predicted octanol–water partition coefficient (Wildman–Crippen LogP) is 6.58. The molecule has 3 rings (SSSR count). The number of para-hydroxylation sites is 1. The van der Waals surface area contributed by atoms with Gasteiger partial charge in [0, 0.05) is 21.4 Å². The van der Waals surface area contributed by atoms with Gasteiger partial charge in [-0.15, -0.1) is 0 Å². The molecule has 0 radical (unpaired) electrons. The number of benzene rings is 3. The van der Waals surface area contributed by atoms with Crippen LogP contribution in [0.2, 0.25) is 0 Å². The summed E-state index contributed by atoms with van der Waals surface area (Å²) in [6, 6.07) is 24.3. The molecule has 0 N–H and O–H groups in total. The first-order chi connectivity index (χ1) is 12.2. The molecule has 0 unspecified atom stereocenters. The quantitative estimate of drug-likeness (QED) is 0.388. The zero-order valence-electron chi connectivity index (χ0n) is 13.4. The second-order valence-corrected chi connectivity index (χ2v) is 7.29. The van der Waals surface area contributed by atoms with E-state index >= 15 is 0 Å². The number of rotatable bonds is 5. The standard InChI is InChI=1S/C21H16Br2N2/c22-19-9-5-16(6-10-19)13-24-15-18-3-1-2-4-21(18)25-14-17-7-11-20(23)12-8-17/h1-14H,15H2. The van der Waals surface area contributed by atoms with Gasteiger partial charge in [-0.2, -0.15) is 0 Å². The summed E-state index contributed by atoms with van der Waals surface area (Å²) >= 11 is 6.88. The van der Waals surface area contributed by atoms with Crippen LogP contribution in [-0.2, 0) is 6.54 Å². The van der Waals surface area contributed by atoms with Gasteiger partial charge in [0.15, 0.2) is 0 Å². The molecular weight excluding hydrogens is 440 g/mol. The normalized spacial score (nSPS) is 11.4. The van der Waals surface area contributed by atoms with Gasteiger partial charge in [-0.05, 0) is 47.0 Å². The van der Waals surface area contributed by atoms with Crippen LogP contribution in [0.1, 0.15) is 16.7 Å². The monoisotopic (exact) mass is 454 g/mol. The molecular formula is C21H16Br2N2. The topological polar surface area (TPSA) is 24.7 Å². The fraction of sp³-hybridized carbons (Fsp3) is 0.0476. The minimum atomic E-state index is 0.601. The van der Waals surface area contributed by atoms with Crippen molar-refractivity contribution in [3.63, 3.8) is 0 Å². The average molecular weight is 456 g/mol. The SMILES string of the molecule is Brc1ccc(C=NCc2ccccc2N=Cc2ccc(Br)cc2)cc1. The van der Waals surface area contributed by atoms with E-state index in [2.05, 4.69) is 47.9 Å². The zero-order chi connectivity index (χ0) is 17.5. The van der Waals surface area contributed by atoms with Crippen molar-refractivity contribution in [2.24, 2.45) is 9.98 Å². The Balaban J connectivity index is 1.72. The highest BCUT2D eigenvalue weighted by molar-refractivity contribution is 9.10. The maximum Gasteiger partial charge on any atom is 0.0680 e. The Morgan fingerprint density at radius 3 is 1.88 bits per heavy atom. The van der Waals surface area contributed by atoms with Crippen LogP contribution < -0.4 is 0 Å². The molecule has 124 valence electrons. The van der Waals surface area contributed by atoms with E-state index in [1.807, 2.05) is 79.2 Å². The number of aliphatic imine (C=N–C) groups is 2. The van der Waals surface area contributed by atoms with Gasteiger partial charge in [0.1, 0.15) is 0 Å². The summed E-state index contributed by atoms with van der Waals surface area (Å²) in [5, 5.41) is 0. The summed E-state index contributed by atoms with van der Waals surface area (Å²) in [5.41, 5.74) is 4.19. The van der Waals surface area contributed by atoms with Crippen LogP contribution in [0.4, 0.5) is 5.69 Å². The molecule has 0 saturated heterocycles. The largest absolute Gasteiger partial charge is 0.288 e. The van der Waals surface area contributed by atoms with E-state index in [9.17, 15) is 0 Å². The van der Waals surface area contributed by atoms with Crippen LogP contribution >= 0.6 is 31.9 Å². The Morgan fingerprint density at radius 2 is 1.24 bits per heavy atom. The molecule has 4 heteroatoms. The Labute approximate surface area is 164 Å². The van der Waals surface area contributed by atoms with Gasteiger partial charge >= 0.3 is 0 Å².